The highest BCUT2D eigenvalue weighted by molar-refractivity contribution is 7.20. The molecule has 134 valence electrons. The first-order valence-electron chi connectivity index (χ1n) is 7.68. The summed E-state index contributed by atoms with van der Waals surface area (Å²) in [6, 6.07) is 6.37. The number of carbonyl (C=O) groups excluding carboxylic acids is 1. The summed E-state index contributed by atoms with van der Waals surface area (Å²) in [5.74, 6) is 0.723. The standard InChI is InChI=1S/C17H13F2N3O3S/c1-7-4-9(15(18)19)22-17-12(7)13(20)14(26-17)16(23)21-8-2-3-10-11(5-8)25-6-24-10/h2-5,15H,6,20H2,1H3,(H,21,23)/p+1. The van der Waals surface area contributed by atoms with Crippen molar-refractivity contribution in [1.82, 2.24) is 0 Å². The molecule has 0 aliphatic carbocycles. The lowest BCUT2D eigenvalue weighted by atomic mass is 10.1. The number of hydrogen-bond donors (Lipinski definition) is 2. The minimum atomic E-state index is -2.63. The van der Waals surface area contributed by atoms with E-state index in [1.165, 1.54) is 6.07 Å². The maximum atomic E-state index is 13.0. The Morgan fingerprint density at radius 1 is 1.31 bits per heavy atom. The number of carbonyl (C=O) groups is 1. The summed E-state index contributed by atoms with van der Waals surface area (Å²) in [6.45, 7) is 1.82. The van der Waals surface area contributed by atoms with Crippen LogP contribution >= 0.6 is 11.3 Å². The van der Waals surface area contributed by atoms with E-state index in [0.717, 1.165) is 11.3 Å². The summed E-state index contributed by atoms with van der Waals surface area (Å²) >= 11 is 1.04. The molecular weight excluding hydrogens is 364 g/mol. The van der Waals surface area contributed by atoms with E-state index in [2.05, 4.69) is 10.3 Å². The van der Waals surface area contributed by atoms with Gasteiger partial charge in [0.1, 0.15) is 4.88 Å². The maximum absolute atomic E-state index is 13.0. The fraction of sp³-hybridized carbons (Fsp3) is 0.176. The predicted octanol–water partition coefficient (Wildman–Crippen LogP) is 3.52. The van der Waals surface area contributed by atoms with Crippen LogP contribution in [-0.2, 0) is 0 Å². The van der Waals surface area contributed by atoms with Gasteiger partial charge in [0.2, 0.25) is 12.5 Å². The molecule has 1 aliphatic rings. The topological polar surface area (TPSA) is 87.7 Å². The van der Waals surface area contributed by atoms with Crippen molar-refractivity contribution in [3.05, 3.63) is 40.4 Å². The SMILES string of the molecule is Cc1cc(C(F)F)[nH+]c2sc(C(=O)Nc3ccc4c(c3)OCO4)c(N)c12. The van der Waals surface area contributed by atoms with E-state index in [-0.39, 0.29) is 23.1 Å². The Labute approximate surface area is 150 Å². The number of thiophene rings is 1. The molecule has 0 fully saturated rings. The molecular formula is C17H14F2N3O3S+. The van der Waals surface area contributed by atoms with Crippen LogP contribution in [0.2, 0.25) is 0 Å². The van der Waals surface area contributed by atoms with Gasteiger partial charge in [0, 0.05) is 17.8 Å². The number of halogens is 2. The van der Waals surface area contributed by atoms with Gasteiger partial charge in [-0.25, -0.2) is 0 Å². The van der Waals surface area contributed by atoms with Gasteiger partial charge < -0.3 is 20.5 Å². The van der Waals surface area contributed by atoms with E-state index >= 15 is 0 Å². The number of aromatic nitrogens is 1. The second-order valence-corrected chi connectivity index (χ2v) is 6.80. The molecule has 6 nitrogen and oxygen atoms in total. The zero-order valence-corrected chi connectivity index (χ0v) is 14.4. The van der Waals surface area contributed by atoms with Crippen molar-refractivity contribution >= 4 is 38.8 Å². The highest BCUT2D eigenvalue weighted by Crippen LogP contribution is 2.37. The van der Waals surface area contributed by atoms with E-state index in [0.29, 0.717) is 33.0 Å². The molecule has 0 spiro atoms. The molecule has 1 aliphatic heterocycles. The van der Waals surface area contributed by atoms with E-state index in [4.69, 9.17) is 15.2 Å². The van der Waals surface area contributed by atoms with Gasteiger partial charge in [0.15, 0.2) is 11.5 Å². The molecule has 0 radical (unpaired) electrons. The van der Waals surface area contributed by atoms with Crippen LogP contribution in [-0.4, -0.2) is 12.7 Å². The Morgan fingerprint density at radius 3 is 2.85 bits per heavy atom. The van der Waals surface area contributed by atoms with Gasteiger partial charge in [-0.15, -0.1) is 0 Å². The number of hydrogen-bond acceptors (Lipinski definition) is 5. The summed E-state index contributed by atoms with van der Waals surface area (Å²) in [6.07, 6.45) is -2.63. The summed E-state index contributed by atoms with van der Waals surface area (Å²) in [5, 5.41) is 3.32. The number of rotatable bonds is 3. The molecule has 0 saturated heterocycles. The van der Waals surface area contributed by atoms with Crippen LogP contribution in [0, 0.1) is 6.92 Å². The monoisotopic (exact) mass is 378 g/mol. The van der Waals surface area contributed by atoms with Gasteiger partial charge in [-0.1, -0.05) is 11.3 Å². The Kier molecular flexibility index (Phi) is 3.87. The fourth-order valence-electron chi connectivity index (χ4n) is 2.84. The number of fused-ring (bicyclic) bond motifs is 2. The first-order valence-corrected chi connectivity index (χ1v) is 8.49. The number of nitrogen functional groups attached to an aromatic ring is 1. The van der Waals surface area contributed by atoms with Crippen LogP contribution in [0.5, 0.6) is 11.5 Å². The molecule has 0 saturated carbocycles. The number of ether oxygens (including phenoxy) is 2. The third kappa shape index (κ3) is 2.70. The molecule has 3 heterocycles. The number of benzene rings is 1. The molecule has 1 amide bonds. The van der Waals surface area contributed by atoms with Gasteiger partial charge in [-0.3, -0.25) is 4.79 Å². The number of aromatic amines is 1. The minimum Gasteiger partial charge on any atom is -0.454 e. The van der Waals surface area contributed by atoms with Crippen LogP contribution in [0.4, 0.5) is 20.2 Å². The first-order chi connectivity index (χ1) is 12.4. The van der Waals surface area contributed by atoms with Crippen LogP contribution in [0.15, 0.2) is 24.3 Å². The predicted molar refractivity (Wildman–Crippen MR) is 93.0 cm³/mol. The van der Waals surface area contributed by atoms with Crippen molar-refractivity contribution < 1.29 is 28.0 Å². The summed E-state index contributed by atoms with van der Waals surface area (Å²) in [5.41, 5.74) is 7.27. The molecule has 0 bridgehead atoms. The lowest BCUT2D eigenvalue weighted by Gasteiger charge is -2.05. The molecule has 26 heavy (non-hydrogen) atoms. The third-order valence-electron chi connectivity index (χ3n) is 4.04. The minimum absolute atomic E-state index is 0.136. The van der Waals surface area contributed by atoms with Gasteiger partial charge in [-0.2, -0.15) is 13.8 Å². The second kappa shape index (κ2) is 6.10. The zero-order chi connectivity index (χ0) is 18.4. The van der Waals surface area contributed by atoms with Gasteiger partial charge in [0.05, 0.1) is 11.1 Å². The van der Waals surface area contributed by atoms with Gasteiger partial charge in [0.25, 0.3) is 10.7 Å². The van der Waals surface area contributed by atoms with Crippen molar-refractivity contribution in [3.63, 3.8) is 0 Å². The van der Waals surface area contributed by atoms with E-state index < -0.39 is 12.3 Å². The first kappa shape index (κ1) is 16.5. The average molecular weight is 378 g/mol. The molecule has 2 aromatic heterocycles. The zero-order valence-electron chi connectivity index (χ0n) is 13.6. The third-order valence-corrected chi connectivity index (χ3v) is 5.16. The van der Waals surface area contributed by atoms with Crippen molar-refractivity contribution in [1.29, 1.82) is 0 Å². The number of amides is 1. The summed E-state index contributed by atoms with van der Waals surface area (Å²) < 4.78 is 36.5. The number of aryl methyl sites for hydroxylation is 1. The molecule has 1 aromatic carbocycles. The highest BCUT2D eigenvalue weighted by Gasteiger charge is 2.26. The number of H-pyrrole nitrogens is 1. The number of pyridine rings is 1. The number of nitrogens with one attached hydrogen (secondary N) is 2. The molecule has 9 heteroatoms. The average Bonchev–Trinajstić information content (AvgIpc) is 3.18. The quantitative estimate of drug-likeness (QED) is 0.730. The van der Waals surface area contributed by atoms with Crippen molar-refractivity contribution in [2.75, 3.05) is 17.8 Å². The van der Waals surface area contributed by atoms with Crippen LogP contribution < -0.4 is 25.5 Å². The fourth-order valence-corrected chi connectivity index (χ4v) is 3.95. The molecule has 0 atom stereocenters. The maximum Gasteiger partial charge on any atom is 0.320 e. The number of anilines is 2. The summed E-state index contributed by atoms with van der Waals surface area (Å²) in [7, 11) is 0. The molecule has 3 aromatic rings. The van der Waals surface area contributed by atoms with Crippen LogP contribution in [0.1, 0.15) is 27.4 Å². The largest absolute Gasteiger partial charge is 0.454 e. The van der Waals surface area contributed by atoms with E-state index in [1.807, 2.05) is 0 Å². The molecule has 4 N–H and O–H groups in total. The number of nitrogens with two attached hydrogens (primary N) is 1. The van der Waals surface area contributed by atoms with Gasteiger partial charge >= 0.3 is 6.43 Å². The molecule has 0 unspecified atom stereocenters. The Bertz CT molecular complexity index is 1040. The Hall–Kier alpha value is -2.94. The number of alkyl halides is 2. The van der Waals surface area contributed by atoms with E-state index in [1.54, 1.807) is 25.1 Å². The Morgan fingerprint density at radius 2 is 2.08 bits per heavy atom. The second-order valence-electron chi connectivity index (χ2n) is 5.78. The smallest absolute Gasteiger partial charge is 0.320 e. The van der Waals surface area contributed by atoms with Crippen LogP contribution in [0.25, 0.3) is 10.2 Å². The molecule has 4 rings (SSSR count). The highest BCUT2D eigenvalue weighted by atomic mass is 32.1. The normalized spacial score (nSPS) is 12.8. The lowest BCUT2D eigenvalue weighted by molar-refractivity contribution is -0.368. The van der Waals surface area contributed by atoms with Crippen molar-refractivity contribution in [2.45, 2.75) is 13.3 Å². The van der Waals surface area contributed by atoms with Crippen molar-refractivity contribution in [2.24, 2.45) is 0 Å². The van der Waals surface area contributed by atoms with Crippen molar-refractivity contribution in [3.8, 4) is 11.5 Å². The van der Waals surface area contributed by atoms with E-state index in [9.17, 15) is 13.6 Å². The summed E-state index contributed by atoms with van der Waals surface area (Å²) in [4.78, 5) is 16.0. The Balaban J connectivity index is 1.68. The van der Waals surface area contributed by atoms with Gasteiger partial charge in [-0.05, 0) is 24.6 Å². The lowest BCUT2D eigenvalue weighted by Crippen LogP contribution is -2.12. The van der Waals surface area contributed by atoms with Crippen LogP contribution in [0.3, 0.4) is 0 Å².